The third-order valence-corrected chi connectivity index (χ3v) is 7.99. The molecule has 0 saturated carbocycles. The number of carbonyl (C=O) groups is 3. The quantitative estimate of drug-likeness (QED) is 0.0317. The summed E-state index contributed by atoms with van der Waals surface area (Å²) in [5.74, 6) is -0.428. The lowest BCUT2D eigenvalue weighted by Crippen LogP contribution is -2.41. The van der Waals surface area contributed by atoms with Gasteiger partial charge in [-0.05, 0) is 49.8 Å². The van der Waals surface area contributed by atoms with Crippen molar-refractivity contribution in [2.45, 2.75) is 44.9 Å². The maximum atomic E-state index is 12.3. The summed E-state index contributed by atoms with van der Waals surface area (Å²) in [6.45, 7) is 5.86. The van der Waals surface area contributed by atoms with Crippen molar-refractivity contribution in [2.75, 3.05) is 117 Å². The average Bonchev–Trinajstić information content (AvgIpc) is 3.20. The van der Waals surface area contributed by atoms with E-state index in [1.54, 1.807) is 7.11 Å². The van der Waals surface area contributed by atoms with Gasteiger partial charge in [0.1, 0.15) is 25.6 Å². The number of hydrogen-bond donors (Lipinski definition) is 7. The lowest BCUT2D eigenvalue weighted by atomic mass is 10.1. The van der Waals surface area contributed by atoms with Gasteiger partial charge in [-0.3, -0.25) is 15.5 Å². The molecule has 58 heavy (non-hydrogen) atoms. The number of nitrogens with two attached hydrogens (primary N) is 2. The van der Waals surface area contributed by atoms with Gasteiger partial charge in [-0.15, -0.1) is 0 Å². The Hall–Kier alpha value is -4.73. The van der Waals surface area contributed by atoms with Gasteiger partial charge in [-0.25, -0.2) is 19.6 Å². The highest BCUT2D eigenvalue weighted by molar-refractivity contribution is 6.31. The summed E-state index contributed by atoms with van der Waals surface area (Å²) in [4.78, 5) is 43.4. The number of hydrogen-bond acceptors (Lipinski definition) is 16. The number of benzene rings is 1. The Morgan fingerprint density at radius 3 is 1.71 bits per heavy atom. The summed E-state index contributed by atoms with van der Waals surface area (Å²) < 4.78 is 42.3. The van der Waals surface area contributed by atoms with E-state index in [1.807, 2.05) is 24.3 Å². The fourth-order valence-electron chi connectivity index (χ4n) is 4.72. The number of halogens is 1. The van der Waals surface area contributed by atoms with Crippen molar-refractivity contribution in [3.8, 4) is 5.75 Å². The Labute approximate surface area is 344 Å². The topological polar surface area (TPSA) is 275 Å². The summed E-state index contributed by atoms with van der Waals surface area (Å²) in [6, 6.07) is 7.81. The summed E-state index contributed by atoms with van der Waals surface area (Å²) in [6.07, 6.45) is 4.92. The van der Waals surface area contributed by atoms with Crippen LogP contribution in [0.2, 0.25) is 5.15 Å². The number of nitrogens with one attached hydrogen (secondary N) is 5. The fourth-order valence-corrected chi connectivity index (χ4v) is 4.85. The van der Waals surface area contributed by atoms with E-state index < -0.39 is 18.1 Å². The summed E-state index contributed by atoms with van der Waals surface area (Å²) in [7, 11) is 1.61. The molecule has 9 N–H and O–H groups in total. The average molecular weight is 842 g/mol. The van der Waals surface area contributed by atoms with Gasteiger partial charge in [0.05, 0.1) is 59.5 Å². The summed E-state index contributed by atoms with van der Waals surface area (Å²) in [5.41, 5.74) is 12.1. The first-order valence-electron chi connectivity index (χ1n) is 19.2. The van der Waals surface area contributed by atoms with Crippen molar-refractivity contribution >= 4 is 47.3 Å². The highest BCUT2D eigenvalue weighted by Crippen LogP contribution is 2.17. The Kier molecular flexibility index (Phi) is 27.5. The second-order valence-electron chi connectivity index (χ2n) is 12.3. The number of alkyl carbamates (subject to hydrolysis) is 2. The summed E-state index contributed by atoms with van der Waals surface area (Å²) in [5, 5.41) is 18.4. The van der Waals surface area contributed by atoms with Gasteiger partial charge >= 0.3 is 12.2 Å². The van der Waals surface area contributed by atoms with Crippen LogP contribution in [0.5, 0.6) is 5.75 Å². The molecule has 0 spiro atoms. The van der Waals surface area contributed by atoms with Crippen LogP contribution in [0.25, 0.3) is 0 Å². The van der Waals surface area contributed by atoms with E-state index in [-0.39, 0.29) is 48.3 Å². The number of carbonyl (C=O) groups excluding carboxylic acids is 3. The standard InChI is InChI=1S/C37H60ClN9O11/c1-51-16-17-52-18-19-54-23-26-57-36(49)43-14-5-2-3-6-15-44-37(50)58-27-24-55-21-20-53-22-25-56-29-11-9-28(10-12-29)8-4-7-13-42-35(41)47-34(48)30-32(39)46-33(40)31(38)45-30/h9-12H,2-8,13-27H2,1H3,(H,43,49)(H,44,50)(H4,39,40,46)(H3,41,42,47,48). The number of nitrogen functional groups attached to an aromatic ring is 2. The van der Waals surface area contributed by atoms with Crippen LogP contribution >= 0.6 is 11.6 Å². The van der Waals surface area contributed by atoms with E-state index in [4.69, 9.17) is 66.4 Å². The number of anilines is 2. The van der Waals surface area contributed by atoms with Crippen LogP contribution in [-0.4, -0.2) is 140 Å². The molecule has 0 atom stereocenters. The lowest BCUT2D eigenvalue weighted by molar-refractivity contribution is 0.0131. The molecule has 21 heteroatoms. The molecule has 0 radical (unpaired) electrons. The molecule has 326 valence electrons. The Balaban J connectivity index is 1.33. The van der Waals surface area contributed by atoms with Crippen molar-refractivity contribution in [1.29, 1.82) is 5.41 Å². The highest BCUT2D eigenvalue weighted by Gasteiger charge is 2.17. The van der Waals surface area contributed by atoms with E-state index in [2.05, 4.69) is 31.2 Å². The minimum absolute atomic E-state index is 0.0823. The van der Waals surface area contributed by atoms with Crippen LogP contribution in [-0.2, 0) is 39.6 Å². The molecule has 0 aliphatic heterocycles. The lowest BCUT2D eigenvalue weighted by Gasteiger charge is -2.11. The number of guanidine groups is 1. The molecular weight excluding hydrogens is 782 g/mol. The molecule has 0 unspecified atom stereocenters. The maximum Gasteiger partial charge on any atom is 0.407 e. The van der Waals surface area contributed by atoms with E-state index in [0.717, 1.165) is 56.3 Å². The van der Waals surface area contributed by atoms with Crippen LogP contribution < -0.4 is 37.5 Å². The number of aromatic nitrogens is 2. The van der Waals surface area contributed by atoms with Crippen molar-refractivity contribution < 1.29 is 52.3 Å². The number of rotatable bonds is 32. The second kappa shape index (κ2) is 32.3. The molecule has 1 aromatic heterocycles. The molecule has 2 rings (SSSR count). The zero-order valence-corrected chi connectivity index (χ0v) is 34.0. The van der Waals surface area contributed by atoms with Crippen LogP contribution in [0.3, 0.4) is 0 Å². The van der Waals surface area contributed by atoms with Gasteiger partial charge in [0, 0.05) is 26.7 Å². The molecule has 1 aromatic carbocycles. The third kappa shape index (κ3) is 24.8. The zero-order valence-electron chi connectivity index (χ0n) is 33.3. The van der Waals surface area contributed by atoms with E-state index in [0.29, 0.717) is 79.1 Å². The van der Waals surface area contributed by atoms with Crippen LogP contribution in [0.1, 0.15) is 54.6 Å². The van der Waals surface area contributed by atoms with E-state index in [1.165, 1.54) is 0 Å². The fraction of sp³-hybridized carbons (Fsp3) is 0.622. The molecule has 2 aromatic rings. The predicted octanol–water partition coefficient (Wildman–Crippen LogP) is 2.68. The molecule has 0 bridgehead atoms. The minimum Gasteiger partial charge on any atom is -0.491 e. The van der Waals surface area contributed by atoms with Crippen molar-refractivity contribution in [3.05, 3.63) is 40.7 Å². The maximum absolute atomic E-state index is 12.3. The first-order chi connectivity index (χ1) is 28.2. The van der Waals surface area contributed by atoms with Crippen LogP contribution in [0.4, 0.5) is 21.2 Å². The molecule has 0 fully saturated rings. The van der Waals surface area contributed by atoms with Crippen LogP contribution in [0.15, 0.2) is 24.3 Å². The first kappa shape index (κ1) is 49.4. The normalized spacial score (nSPS) is 10.8. The van der Waals surface area contributed by atoms with Gasteiger partial charge in [-0.2, -0.15) is 0 Å². The number of unbranched alkanes of at least 4 members (excludes halogenated alkanes) is 4. The third-order valence-electron chi connectivity index (χ3n) is 7.71. The largest absolute Gasteiger partial charge is 0.491 e. The SMILES string of the molecule is COCCOCCOCCOC(=O)NCCCCCCNC(=O)OCCOCCOCCOc1ccc(CCCCNC(=N)NC(=O)c2nc(Cl)c(N)nc2N)cc1. The van der Waals surface area contributed by atoms with Crippen molar-refractivity contribution in [1.82, 2.24) is 31.2 Å². The molecule has 1 heterocycles. The molecule has 0 aliphatic carbocycles. The first-order valence-corrected chi connectivity index (χ1v) is 19.6. The van der Waals surface area contributed by atoms with Gasteiger partial charge in [-0.1, -0.05) is 36.6 Å². The Bertz CT molecular complexity index is 1460. The molecule has 3 amide bonds. The number of aryl methyl sites for hydroxylation is 1. The molecule has 0 aliphatic rings. The number of amides is 3. The van der Waals surface area contributed by atoms with Gasteiger partial charge < -0.3 is 65.3 Å². The molecule has 0 saturated heterocycles. The Morgan fingerprint density at radius 2 is 1.14 bits per heavy atom. The number of methoxy groups -OCH3 is 1. The van der Waals surface area contributed by atoms with E-state index >= 15 is 0 Å². The zero-order chi connectivity index (χ0) is 42.1. The molecular formula is C37H60ClN9O11. The summed E-state index contributed by atoms with van der Waals surface area (Å²) >= 11 is 5.80. The number of ether oxygens (including phenoxy) is 8. The van der Waals surface area contributed by atoms with Gasteiger partial charge in [0.2, 0.25) is 0 Å². The van der Waals surface area contributed by atoms with E-state index in [9.17, 15) is 14.4 Å². The van der Waals surface area contributed by atoms with Crippen molar-refractivity contribution in [2.24, 2.45) is 0 Å². The second-order valence-corrected chi connectivity index (χ2v) is 12.7. The van der Waals surface area contributed by atoms with Gasteiger partial charge in [0.15, 0.2) is 28.4 Å². The minimum atomic E-state index is -0.714. The van der Waals surface area contributed by atoms with Crippen molar-refractivity contribution in [3.63, 3.8) is 0 Å². The highest BCUT2D eigenvalue weighted by atomic mass is 35.5. The van der Waals surface area contributed by atoms with Gasteiger partial charge in [0.25, 0.3) is 5.91 Å². The predicted molar refractivity (Wildman–Crippen MR) is 216 cm³/mol. The van der Waals surface area contributed by atoms with Crippen LogP contribution in [0, 0.1) is 5.41 Å². The monoisotopic (exact) mass is 841 g/mol. The smallest absolute Gasteiger partial charge is 0.407 e. The molecule has 20 nitrogen and oxygen atoms in total. The Morgan fingerprint density at radius 1 is 0.638 bits per heavy atom. The number of nitrogens with zero attached hydrogens (tertiary/aromatic N) is 2.